The third-order valence-electron chi connectivity index (χ3n) is 3.35. The van der Waals surface area contributed by atoms with Crippen LogP contribution in [0, 0.1) is 5.82 Å². The first-order chi connectivity index (χ1) is 10.1. The average Bonchev–Trinajstić information content (AvgIpc) is 2.97. The molecule has 0 unspecified atom stereocenters. The molecule has 0 aliphatic carbocycles. The predicted octanol–water partition coefficient (Wildman–Crippen LogP) is 5.13. The number of pyridine rings is 1. The zero-order valence-corrected chi connectivity index (χ0v) is 12.7. The summed E-state index contributed by atoms with van der Waals surface area (Å²) in [6.45, 7) is 4.32. The molecule has 0 amide bonds. The molecule has 0 aliphatic rings. The van der Waals surface area contributed by atoms with E-state index in [2.05, 4.69) is 23.8 Å². The summed E-state index contributed by atoms with van der Waals surface area (Å²) in [6.07, 6.45) is 3.68. The summed E-state index contributed by atoms with van der Waals surface area (Å²) in [5.74, 6) is 0.185. The van der Waals surface area contributed by atoms with Crippen LogP contribution >= 0.6 is 11.3 Å². The second-order valence-corrected chi connectivity index (χ2v) is 6.02. The fraction of sp³-hybridized carbons (Fsp3) is 0.176. The number of hydrogen-bond acceptors (Lipinski definition) is 3. The second-order valence-electron chi connectivity index (χ2n) is 5.16. The van der Waals surface area contributed by atoms with Crippen molar-refractivity contribution in [2.75, 3.05) is 0 Å². The number of hydrogen-bond donors (Lipinski definition) is 0. The van der Waals surface area contributed by atoms with Gasteiger partial charge in [0.1, 0.15) is 10.8 Å². The van der Waals surface area contributed by atoms with E-state index in [1.54, 1.807) is 23.5 Å². The third-order valence-corrected chi connectivity index (χ3v) is 4.23. The maximum atomic E-state index is 13.0. The monoisotopic (exact) mass is 298 g/mol. The van der Waals surface area contributed by atoms with Crippen LogP contribution in [0.25, 0.3) is 21.8 Å². The van der Waals surface area contributed by atoms with Crippen molar-refractivity contribution in [3.05, 3.63) is 59.5 Å². The number of thiazole rings is 1. The van der Waals surface area contributed by atoms with E-state index in [9.17, 15) is 4.39 Å². The van der Waals surface area contributed by atoms with Crippen LogP contribution in [0.15, 0.2) is 48.1 Å². The molecule has 0 fully saturated rings. The molecule has 2 nitrogen and oxygen atoms in total. The standard InChI is InChI=1S/C17H15FN2S/c1-11(2)14-7-8-19-9-15(14)17-20-16(10-21-17)12-3-5-13(18)6-4-12/h3-11H,1-2H3. The number of halogens is 1. The quantitative estimate of drug-likeness (QED) is 0.669. The van der Waals surface area contributed by atoms with Gasteiger partial charge in [0.15, 0.2) is 0 Å². The molecular weight excluding hydrogens is 283 g/mol. The molecule has 4 heteroatoms. The van der Waals surface area contributed by atoms with E-state index in [1.165, 1.54) is 17.7 Å². The minimum absolute atomic E-state index is 0.233. The van der Waals surface area contributed by atoms with E-state index in [-0.39, 0.29) is 5.82 Å². The van der Waals surface area contributed by atoms with E-state index in [4.69, 9.17) is 0 Å². The topological polar surface area (TPSA) is 25.8 Å². The van der Waals surface area contributed by atoms with Crippen LogP contribution in [-0.4, -0.2) is 9.97 Å². The summed E-state index contributed by atoms with van der Waals surface area (Å²) in [5.41, 5.74) is 4.11. The Morgan fingerprint density at radius 3 is 2.57 bits per heavy atom. The van der Waals surface area contributed by atoms with Crippen LogP contribution < -0.4 is 0 Å². The van der Waals surface area contributed by atoms with Crippen LogP contribution in [0.2, 0.25) is 0 Å². The lowest BCUT2D eigenvalue weighted by Gasteiger charge is -2.09. The van der Waals surface area contributed by atoms with E-state index < -0.39 is 0 Å². The highest BCUT2D eigenvalue weighted by Gasteiger charge is 2.12. The first-order valence-corrected chi connectivity index (χ1v) is 7.69. The molecule has 2 heterocycles. The first kappa shape index (κ1) is 13.9. The highest BCUT2D eigenvalue weighted by atomic mass is 32.1. The van der Waals surface area contributed by atoms with Gasteiger partial charge in [0.05, 0.1) is 5.69 Å². The number of rotatable bonds is 3. The molecule has 0 aliphatic heterocycles. The summed E-state index contributed by atoms with van der Waals surface area (Å²) in [7, 11) is 0. The summed E-state index contributed by atoms with van der Waals surface area (Å²) in [5, 5.41) is 2.95. The van der Waals surface area contributed by atoms with Crippen molar-refractivity contribution in [1.29, 1.82) is 0 Å². The molecule has 0 N–H and O–H groups in total. The van der Waals surface area contributed by atoms with Crippen LogP contribution in [0.5, 0.6) is 0 Å². The lowest BCUT2D eigenvalue weighted by molar-refractivity contribution is 0.628. The smallest absolute Gasteiger partial charge is 0.125 e. The molecule has 0 bridgehead atoms. The molecule has 3 rings (SSSR count). The van der Waals surface area contributed by atoms with E-state index in [0.29, 0.717) is 5.92 Å². The van der Waals surface area contributed by atoms with Crippen molar-refractivity contribution in [2.24, 2.45) is 0 Å². The Hall–Kier alpha value is -2.07. The molecule has 106 valence electrons. The summed E-state index contributed by atoms with van der Waals surface area (Å²) in [6, 6.07) is 8.45. The molecule has 0 spiro atoms. The van der Waals surface area contributed by atoms with Crippen LogP contribution in [-0.2, 0) is 0 Å². The van der Waals surface area contributed by atoms with Crippen molar-refractivity contribution >= 4 is 11.3 Å². The zero-order chi connectivity index (χ0) is 14.8. The molecule has 0 radical (unpaired) electrons. The largest absolute Gasteiger partial charge is 0.264 e. The fourth-order valence-electron chi connectivity index (χ4n) is 2.24. The van der Waals surface area contributed by atoms with Gasteiger partial charge in [-0.2, -0.15) is 0 Å². The Labute approximate surface area is 127 Å². The van der Waals surface area contributed by atoms with Crippen LogP contribution in [0.3, 0.4) is 0 Å². The molecule has 0 atom stereocenters. The molecule has 2 aromatic heterocycles. The maximum absolute atomic E-state index is 13.0. The van der Waals surface area contributed by atoms with Gasteiger partial charge in [-0.25, -0.2) is 9.37 Å². The fourth-order valence-corrected chi connectivity index (χ4v) is 3.10. The molecule has 0 saturated heterocycles. The van der Waals surface area contributed by atoms with Gasteiger partial charge in [-0.1, -0.05) is 13.8 Å². The highest BCUT2D eigenvalue weighted by Crippen LogP contribution is 2.33. The van der Waals surface area contributed by atoms with Crippen molar-refractivity contribution in [3.63, 3.8) is 0 Å². The van der Waals surface area contributed by atoms with Gasteiger partial charge in [0, 0.05) is 28.9 Å². The van der Waals surface area contributed by atoms with Crippen LogP contribution in [0.1, 0.15) is 25.3 Å². The summed E-state index contributed by atoms with van der Waals surface area (Å²) < 4.78 is 13.0. The predicted molar refractivity (Wildman–Crippen MR) is 84.8 cm³/mol. The summed E-state index contributed by atoms with van der Waals surface area (Å²) >= 11 is 1.59. The van der Waals surface area contributed by atoms with Gasteiger partial charge in [0.2, 0.25) is 0 Å². The number of nitrogens with zero attached hydrogens (tertiary/aromatic N) is 2. The minimum atomic E-state index is -0.233. The van der Waals surface area contributed by atoms with E-state index >= 15 is 0 Å². The maximum Gasteiger partial charge on any atom is 0.125 e. The van der Waals surface area contributed by atoms with E-state index in [1.807, 2.05) is 23.8 Å². The van der Waals surface area contributed by atoms with Gasteiger partial charge in [-0.15, -0.1) is 11.3 Å². The number of benzene rings is 1. The molecular formula is C17H15FN2S. The lowest BCUT2D eigenvalue weighted by Crippen LogP contribution is -1.93. The Bertz CT molecular complexity index is 747. The Kier molecular flexibility index (Phi) is 3.80. The minimum Gasteiger partial charge on any atom is -0.264 e. The molecule has 21 heavy (non-hydrogen) atoms. The van der Waals surface area contributed by atoms with Gasteiger partial charge >= 0.3 is 0 Å². The van der Waals surface area contributed by atoms with Crippen molar-refractivity contribution in [2.45, 2.75) is 19.8 Å². The molecule has 0 saturated carbocycles. The van der Waals surface area contributed by atoms with Crippen molar-refractivity contribution in [3.8, 4) is 21.8 Å². The Morgan fingerprint density at radius 1 is 1.10 bits per heavy atom. The Balaban J connectivity index is 2.01. The highest BCUT2D eigenvalue weighted by molar-refractivity contribution is 7.13. The Morgan fingerprint density at radius 2 is 1.86 bits per heavy atom. The molecule has 1 aromatic carbocycles. The van der Waals surface area contributed by atoms with Gasteiger partial charge in [0.25, 0.3) is 0 Å². The number of aromatic nitrogens is 2. The summed E-state index contributed by atoms with van der Waals surface area (Å²) in [4.78, 5) is 8.89. The zero-order valence-electron chi connectivity index (χ0n) is 11.9. The lowest BCUT2D eigenvalue weighted by atomic mass is 10.00. The average molecular weight is 298 g/mol. The van der Waals surface area contributed by atoms with E-state index in [0.717, 1.165) is 21.8 Å². The third kappa shape index (κ3) is 2.85. The first-order valence-electron chi connectivity index (χ1n) is 6.81. The van der Waals surface area contributed by atoms with Crippen molar-refractivity contribution < 1.29 is 4.39 Å². The normalized spacial score (nSPS) is 11.0. The van der Waals surface area contributed by atoms with Gasteiger partial charge < -0.3 is 0 Å². The second kappa shape index (κ2) is 5.74. The SMILES string of the molecule is CC(C)c1ccncc1-c1nc(-c2ccc(F)cc2)cs1. The van der Waals surface area contributed by atoms with Crippen LogP contribution in [0.4, 0.5) is 4.39 Å². The van der Waals surface area contributed by atoms with Gasteiger partial charge in [-0.3, -0.25) is 4.98 Å². The molecule has 3 aromatic rings. The van der Waals surface area contributed by atoms with Gasteiger partial charge in [-0.05, 0) is 41.8 Å². The van der Waals surface area contributed by atoms with Crippen molar-refractivity contribution in [1.82, 2.24) is 9.97 Å².